The third kappa shape index (κ3) is 1.93. The molecule has 0 saturated heterocycles. The Kier molecular flexibility index (Phi) is 2.68. The van der Waals surface area contributed by atoms with Crippen LogP contribution < -0.4 is 5.73 Å². The SMILES string of the molecule is Cc1ccccc1Sc1nc(N)cn2ccnc12. The molecule has 0 aliphatic rings. The summed E-state index contributed by atoms with van der Waals surface area (Å²) < 4.78 is 1.89. The van der Waals surface area contributed by atoms with Crippen molar-refractivity contribution in [3.05, 3.63) is 48.4 Å². The molecule has 2 aromatic heterocycles. The summed E-state index contributed by atoms with van der Waals surface area (Å²) in [7, 11) is 0. The molecule has 0 spiro atoms. The molecule has 0 amide bonds. The van der Waals surface area contributed by atoms with E-state index in [0.29, 0.717) is 5.82 Å². The lowest BCUT2D eigenvalue weighted by molar-refractivity contribution is 1.04. The third-order valence-corrected chi connectivity index (χ3v) is 3.81. The second kappa shape index (κ2) is 4.34. The molecule has 0 aliphatic heterocycles. The van der Waals surface area contributed by atoms with Crippen LogP contribution in [-0.4, -0.2) is 14.4 Å². The maximum absolute atomic E-state index is 5.80. The summed E-state index contributed by atoms with van der Waals surface area (Å²) in [6, 6.07) is 8.20. The van der Waals surface area contributed by atoms with E-state index < -0.39 is 0 Å². The van der Waals surface area contributed by atoms with Crippen LogP contribution >= 0.6 is 11.8 Å². The van der Waals surface area contributed by atoms with Gasteiger partial charge in [0, 0.05) is 17.3 Å². The number of hydrogen-bond acceptors (Lipinski definition) is 4. The van der Waals surface area contributed by atoms with E-state index in [0.717, 1.165) is 10.7 Å². The number of benzene rings is 1. The van der Waals surface area contributed by atoms with Crippen molar-refractivity contribution in [2.75, 3.05) is 5.73 Å². The Morgan fingerprint density at radius 2 is 2.11 bits per heavy atom. The zero-order valence-electron chi connectivity index (χ0n) is 9.87. The lowest BCUT2D eigenvalue weighted by Crippen LogP contribution is -1.97. The van der Waals surface area contributed by atoms with Crippen molar-refractivity contribution in [2.24, 2.45) is 0 Å². The van der Waals surface area contributed by atoms with Crippen LogP contribution in [0.5, 0.6) is 0 Å². The van der Waals surface area contributed by atoms with Crippen LogP contribution in [0.25, 0.3) is 5.65 Å². The molecule has 0 fully saturated rings. The van der Waals surface area contributed by atoms with Crippen LogP contribution in [0.3, 0.4) is 0 Å². The molecule has 90 valence electrons. The average molecular weight is 256 g/mol. The smallest absolute Gasteiger partial charge is 0.170 e. The number of anilines is 1. The van der Waals surface area contributed by atoms with Crippen LogP contribution in [0.2, 0.25) is 0 Å². The Morgan fingerprint density at radius 1 is 1.28 bits per heavy atom. The quantitative estimate of drug-likeness (QED) is 0.766. The number of nitrogens with zero attached hydrogens (tertiary/aromatic N) is 3. The first-order chi connectivity index (χ1) is 8.74. The van der Waals surface area contributed by atoms with Crippen molar-refractivity contribution in [2.45, 2.75) is 16.8 Å². The summed E-state index contributed by atoms with van der Waals surface area (Å²) in [4.78, 5) is 9.84. The van der Waals surface area contributed by atoms with Crippen molar-refractivity contribution in [1.29, 1.82) is 0 Å². The number of nitrogen functional groups attached to an aromatic ring is 1. The van der Waals surface area contributed by atoms with E-state index in [-0.39, 0.29) is 0 Å². The molecule has 1 aromatic carbocycles. The predicted molar refractivity (Wildman–Crippen MR) is 72.7 cm³/mol. The van der Waals surface area contributed by atoms with Crippen molar-refractivity contribution < 1.29 is 0 Å². The summed E-state index contributed by atoms with van der Waals surface area (Å²) in [6.45, 7) is 2.08. The number of nitrogens with two attached hydrogens (primary N) is 1. The highest BCUT2D eigenvalue weighted by molar-refractivity contribution is 7.99. The van der Waals surface area contributed by atoms with Crippen molar-refractivity contribution in [1.82, 2.24) is 14.4 Å². The first-order valence-corrected chi connectivity index (χ1v) is 6.38. The van der Waals surface area contributed by atoms with E-state index in [9.17, 15) is 0 Å². The average Bonchev–Trinajstić information content (AvgIpc) is 2.80. The molecule has 0 saturated carbocycles. The van der Waals surface area contributed by atoms with E-state index in [1.54, 1.807) is 24.2 Å². The molecular weight excluding hydrogens is 244 g/mol. The molecule has 0 atom stereocenters. The number of aromatic nitrogens is 3. The standard InChI is InChI=1S/C13H12N4S/c1-9-4-2-3-5-10(9)18-13-12-15-6-7-17(12)8-11(14)16-13/h2-8H,14H2,1H3. The molecule has 3 rings (SSSR count). The van der Waals surface area contributed by atoms with Gasteiger partial charge in [0.1, 0.15) is 10.8 Å². The first-order valence-electron chi connectivity index (χ1n) is 5.57. The van der Waals surface area contributed by atoms with E-state index in [1.807, 2.05) is 22.7 Å². The fourth-order valence-corrected chi connectivity index (χ4v) is 2.75. The molecule has 0 unspecified atom stereocenters. The van der Waals surface area contributed by atoms with E-state index in [4.69, 9.17) is 5.73 Å². The molecule has 5 heteroatoms. The van der Waals surface area contributed by atoms with Gasteiger partial charge in [0.25, 0.3) is 0 Å². The Morgan fingerprint density at radius 3 is 2.94 bits per heavy atom. The minimum atomic E-state index is 0.497. The number of aryl methyl sites for hydroxylation is 1. The molecule has 18 heavy (non-hydrogen) atoms. The number of hydrogen-bond donors (Lipinski definition) is 1. The summed E-state index contributed by atoms with van der Waals surface area (Å²) in [5, 5.41) is 0.828. The molecule has 2 N–H and O–H groups in total. The maximum Gasteiger partial charge on any atom is 0.170 e. The van der Waals surface area contributed by atoms with Crippen molar-refractivity contribution in [3.63, 3.8) is 0 Å². The van der Waals surface area contributed by atoms with Gasteiger partial charge >= 0.3 is 0 Å². The van der Waals surface area contributed by atoms with Crippen molar-refractivity contribution >= 4 is 23.2 Å². The molecule has 0 radical (unpaired) electrons. The molecule has 3 aromatic rings. The highest BCUT2D eigenvalue weighted by Crippen LogP contribution is 2.31. The van der Waals surface area contributed by atoms with E-state index in [2.05, 4.69) is 29.0 Å². The highest BCUT2D eigenvalue weighted by atomic mass is 32.2. The van der Waals surface area contributed by atoms with Gasteiger partial charge in [-0.25, -0.2) is 9.97 Å². The Balaban J connectivity index is 2.10. The van der Waals surface area contributed by atoms with Crippen LogP contribution in [0.15, 0.2) is 52.8 Å². The van der Waals surface area contributed by atoms with Gasteiger partial charge in [-0.3, -0.25) is 0 Å². The van der Waals surface area contributed by atoms with Gasteiger partial charge in [-0.1, -0.05) is 30.0 Å². The van der Waals surface area contributed by atoms with Gasteiger partial charge in [0.2, 0.25) is 0 Å². The topological polar surface area (TPSA) is 56.2 Å². The second-order valence-corrected chi connectivity index (χ2v) is 5.03. The fourth-order valence-electron chi connectivity index (χ4n) is 1.77. The summed E-state index contributed by atoms with van der Waals surface area (Å²) in [6.07, 6.45) is 5.39. The Hall–Kier alpha value is -2.01. The van der Waals surface area contributed by atoms with Gasteiger partial charge in [-0.05, 0) is 18.6 Å². The van der Waals surface area contributed by atoms with Gasteiger partial charge in [-0.15, -0.1) is 0 Å². The number of fused-ring (bicyclic) bond motifs is 1. The van der Waals surface area contributed by atoms with Crippen LogP contribution in [0, 0.1) is 6.92 Å². The maximum atomic E-state index is 5.80. The van der Waals surface area contributed by atoms with Crippen LogP contribution in [-0.2, 0) is 0 Å². The summed E-state index contributed by atoms with van der Waals surface area (Å²) >= 11 is 1.59. The lowest BCUT2D eigenvalue weighted by Gasteiger charge is -2.06. The van der Waals surface area contributed by atoms with Gasteiger partial charge < -0.3 is 10.1 Å². The van der Waals surface area contributed by atoms with E-state index in [1.165, 1.54) is 10.5 Å². The summed E-state index contributed by atoms with van der Waals surface area (Å²) in [5.41, 5.74) is 7.85. The molecular formula is C13H12N4S. The molecule has 2 heterocycles. The second-order valence-electron chi connectivity index (χ2n) is 4.00. The first kappa shape index (κ1) is 11.1. The highest BCUT2D eigenvalue weighted by Gasteiger charge is 2.09. The Bertz CT molecular complexity index is 705. The van der Waals surface area contributed by atoms with E-state index >= 15 is 0 Å². The van der Waals surface area contributed by atoms with Gasteiger partial charge in [0.15, 0.2) is 5.65 Å². The zero-order chi connectivity index (χ0) is 12.5. The largest absolute Gasteiger partial charge is 0.382 e. The Labute approximate surface area is 109 Å². The number of imidazole rings is 1. The van der Waals surface area contributed by atoms with Crippen molar-refractivity contribution in [3.8, 4) is 0 Å². The number of rotatable bonds is 2. The predicted octanol–water partition coefficient (Wildman–Crippen LogP) is 2.77. The molecule has 4 nitrogen and oxygen atoms in total. The third-order valence-electron chi connectivity index (χ3n) is 2.66. The normalized spacial score (nSPS) is 10.9. The minimum Gasteiger partial charge on any atom is -0.382 e. The summed E-state index contributed by atoms with van der Waals surface area (Å²) in [5.74, 6) is 0.497. The van der Waals surface area contributed by atoms with Gasteiger partial charge in [0.05, 0.1) is 6.20 Å². The van der Waals surface area contributed by atoms with Crippen LogP contribution in [0.4, 0.5) is 5.82 Å². The lowest BCUT2D eigenvalue weighted by atomic mass is 10.2. The fraction of sp³-hybridized carbons (Fsp3) is 0.0769. The monoisotopic (exact) mass is 256 g/mol. The minimum absolute atomic E-state index is 0.497. The molecule has 0 bridgehead atoms. The van der Waals surface area contributed by atoms with Crippen LogP contribution in [0.1, 0.15) is 5.56 Å². The van der Waals surface area contributed by atoms with Gasteiger partial charge in [-0.2, -0.15) is 0 Å². The zero-order valence-corrected chi connectivity index (χ0v) is 10.7. The molecule has 0 aliphatic carbocycles.